The second-order valence-corrected chi connectivity index (χ2v) is 5.66. The van der Waals surface area contributed by atoms with Crippen molar-refractivity contribution in [3.8, 4) is 0 Å². The fourth-order valence-electron chi connectivity index (χ4n) is 2.25. The Kier molecular flexibility index (Phi) is 3.16. The van der Waals surface area contributed by atoms with Crippen LogP contribution in [0.1, 0.15) is 37.5 Å². The Bertz CT molecular complexity index is 555. The van der Waals surface area contributed by atoms with E-state index in [-0.39, 0.29) is 5.78 Å². The Morgan fingerprint density at radius 2 is 1.59 bits per heavy atom. The molecule has 0 saturated heterocycles. The summed E-state index contributed by atoms with van der Waals surface area (Å²) >= 11 is 1.62. The number of hydrogen-bond donors (Lipinski definition) is 0. The van der Waals surface area contributed by atoms with Gasteiger partial charge in [0.15, 0.2) is 5.78 Å². The molecule has 1 aromatic heterocycles. The van der Waals surface area contributed by atoms with Gasteiger partial charge in [-0.25, -0.2) is 0 Å². The van der Waals surface area contributed by atoms with E-state index in [1.807, 2.05) is 32.2 Å². The van der Waals surface area contributed by atoms with E-state index in [4.69, 9.17) is 0 Å². The van der Waals surface area contributed by atoms with E-state index in [9.17, 15) is 4.79 Å². The van der Waals surface area contributed by atoms with Crippen LogP contribution in [0.2, 0.25) is 0 Å². The molecule has 2 aromatic rings. The Morgan fingerprint density at radius 1 is 1.00 bits per heavy atom. The van der Waals surface area contributed by atoms with Crippen molar-refractivity contribution in [3.63, 3.8) is 0 Å². The Labute approximate surface area is 106 Å². The van der Waals surface area contributed by atoms with E-state index in [2.05, 4.69) is 19.1 Å². The van der Waals surface area contributed by atoms with Crippen molar-refractivity contribution in [2.24, 2.45) is 0 Å². The van der Waals surface area contributed by atoms with Crippen molar-refractivity contribution >= 4 is 17.1 Å². The summed E-state index contributed by atoms with van der Waals surface area (Å²) in [6, 6.07) is 6.10. The number of carbonyl (C=O) groups is 1. The summed E-state index contributed by atoms with van der Waals surface area (Å²) in [5.74, 6) is 0.143. The highest BCUT2D eigenvalue weighted by Gasteiger charge is 2.15. The topological polar surface area (TPSA) is 17.1 Å². The van der Waals surface area contributed by atoms with Crippen LogP contribution in [0.4, 0.5) is 0 Å². The summed E-state index contributed by atoms with van der Waals surface area (Å²) in [6.45, 7) is 8.10. The predicted octanol–water partition coefficient (Wildman–Crippen LogP) is 4.21. The van der Waals surface area contributed by atoms with Crippen LogP contribution < -0.4 is 0 Å². The molecule has 0 unspecified atom stereocenters. The van der Waals surface area contributed by atoms with E-state index in [0.717, 1.165) is 22.3 Å². The molecule has 0 saturated carbocycles. The van der Waals surface area contributed by atoms with Gasteiger partial charge in [0.05, 0.1) is 0 Å². The van der Waals surface area contributed by atoms with Gasteiger partial charge in [0.2, 0.25) is 0 Å². The third-order valence-electron chi connectivity index (χ3n) is 2.90. The molecule has 0 spiro atoms. The van der Waals surface area contributed by atoms with Crippen LogP contribution >= 0.6 is 11.3 Å². The van der Waals surface area contributed by atoms with Gasteiger partial charge in [0.1, 0.15) is 0 Å². The average molecular weight is 244 g/mol. The summed E-state index contributed by atoms with van der Waals surface area (Å²) in [7, 11) is 0. The number of hydrogen-bond acceptors (Lipinski definition) is 2. The highest BCUT2D eigenvalue weighted by Crippen LogP contribution is 2.22. The number of thiophene rings is 1. The van der Waals surface area contributed by atoms with E-state index >= 15 is 0 Å². The highest BCUT2D eigenvalue weighted by molar-refractivity contribution is 7.10. The van der Waals surface area contributed by atoms with Crippen LogP contribution in [0.25, 0.3) is 0 Å². The van der Waals surface area contributed by atoms with Crippen molar-refractivity contribution in [2.75, 3.05) is 0 Å². The molecular formula is C15H16OS. The normalized spacial score (nSPS) is 10.6. The molecule has 0 bridgehead atoms. The zero-order chi connectivity index (χ0) is 12.6. The molecule has 0 fully saturated rings. The first-order valence-corrected chi connectivity index (χ1v) is 6.54. The SMILES string of the molecule is Cc1cc(C)c(C(=O)c2csc(C)c2)c(C)c1. The molecule has 0 amide bonds. The maximum atomic E-state index is 12.4. The molecule has 0 aliphatic heterocycles. The lowest BCUT2D eigenvalue weighted by atomic mass is 9.94. The molecule has 88 valence electrons. The number of rotatable bonds is 2. The maximum absolute atomic E-state index is 12.4. The molecule has 2 heteroatoms. The molecule has 2 rings (SSSR count). The summed E-state index contributed by atoms with van der Waals surface area (Å²) in [5, 5.41) is 1.94. The van der Waals surface area contributed by atoms with Crippen molar-refractivity contribution < 1.29 is 4.79 Å². The van der Waals surface area contributed by atoms with Gasteiger partial charge in [-0.15, -0.1) is 11.3 Å². The Balaban J connectivity index is 2.51. The monoisotopic (exact) mass is 244 g/mol. The zero-order valence-electron chi connectivity index (χ0n) is 10.6. The van der Waals surface area contributed by atoms with E-state index in [1.165, 1.54) is 10.4 Å². The minimum absolute atomic E-state index is 0.143. The van der Waals surface area contributed by atoms with E-state index in [1.54, 1.807) is 11.3 Å². The first kappa shape index (κ1) is 12.1. The molecule has 0 radical (unpaired) electrons. The minimum Gasteiger partial charge on any atom is -0.289 e. The van der Waals surface area contributed by atoms with Crippen LogP contribution in [0.5, 0.6) is 0 Å². The second-order valence-electron chi connectivity index (χ2n) is 4.55. The maximum Gasteiger partial charge on any atom is 0.194 e. The number of carbonyl (C=O) groups excluding carboxylic acids is 1. The standard InChI is InChI=1S/C15H16OS/c1-9-5-10(2)14(11(3)6-9)15(16)13-7-12(4)17-8-13/h5-8H,1-4H3. The summed E-state index contributed by atoms with van der Waals surface area (Å²) in [6.07, 6.45) is 0. The van der Waals surface area contributed by atoms with Gasteiger partial charge in [-0.2, -0.15) is 0 Å². The van der Waals surface area contributed by atoms with Crippen LogP contribution in [0.3, 0.4) is 0 Å². The lowest BCUT2D eigenvalue weighted by molar-refractivity contribution is 0.103. The molecule has 1 nitrogen and oxygen atoms in total. The molecular weight excluding hydrogens is 228 g/mol. The molecule has 0 aliphatic carbocycles. The first-order valence-electron chi connectivity index (χ1n) is 5.66. The molecule has 1 heterocycles. The van der Waals surface area contributed by atoms with Gasteiger partial charge in [0, 0.05) is 21.4 Å². The number of ketones is 1. The van der Waals surface area contributed by atoms with Gasteiger partial charge in [-0.1, -0.05) is 17.7 Å². The second kappa shape index (κ2) is 4.46. The largest absolute Gasteiger partial charge is 0.289 e. The van der Waals surface area contributed by atoms with Crippen LogP contribution in [0, 0.1) is 27.7 Å². The van der Waals surface area contributed by atoms with Crippen molar-refractivity contribution in [1.29, 1.82) is 0 Å². The third-order valence-corrected chi connectivity index (χ3v) is 3.76. The Hall–Kier alpha value is -1.41. The van der Waals surface area contributed by atoms with Crippen molar-refractivity contribution in [3.05, 3.63) is 56.3 Å². The first-order chi connectivity index (χ1) is 7.99. The van der Waals surface area contributed by atoms with Crippen LogP contribution in [0.15, 0.2) is 23.6 Å². The van der Waals surface area contributed by atoms with Gasteiger partial charge < -0.3 is 0 Å². The fraction of sp³-hybridized carbons (Fsp3) is 0.267. The predicted molar refractivity (Wildman–Crippen MR) is 73.1 cm³/mol. The van der Waals surface area contributed by atoms with E-state index < -0.39 is 0 Å². The summed E-state index contributed by atoms with van der Waals surface area (Å²) in [4.78, 5) is 13.6. The van der Waals surface area contributed by atoms with Crippen molar-refractivity contribution in [1.82, 2.24) is 0 Å². The van der Waals surface area contributed by atoms with Crippen LogP contribution in [-0.2, 0) is 0 Å². The Morgan fingerprint density at radius 3 is 2.06 bits per heavy atom. The molecule has 0 atom stereocenters. The van der Waals surface area contributed by atoms with Crippen LogP contribution in [-0.4, -0.2) is 5.78 Å². The smallest absolute Gasteiger partial charge is 0.194 e. The average Bonchev–Trinajstić information content (AvgIpc) is 2.63. The van der Waals surface area contributed by atoms with Gasteiger partial charge >= 0.3 is 0 Å². The third kappa shape index (κ3) is 2.32. The zero-order valence-corrected chi connectivity index (χ0v) is 11.4. The van der Waals surface area contributed by atoms with Gasteiger partial charge in [0.25, 0.3) is 0 Å². The van der Waals surface area contributed by atoms with E-state index in [0.29, 0.717) is 0 Å². The quantitative estimate of drug-likeness (QED) is 0.723. The molecule has 1 aromatic carbocycles. The molecule has 0 N–H and O–H groups in total. The minimum atomic E-state index is 0.143. The summed E-state index contributed by atoms with van der Waals surface area (Å²) in [5.41, 5.74) is 5.00. The lowest BCUT2D eigenvalue weighted by Crippen LogP contribution is -2.05. The van der Waals surface area contributed by atoms with Gasteiger partial charge in [-0.05, 0) is 44.9 Å². The highest BCUT2D eigenvalue weighted by atomic mass is 32.1. The molecule has 0 aliphatic rings. The lowest BCUT2D eigenvalue weighted by Gasteiger charge is -2.09. The van der Waals surface area contributed by atoms with Crippen molar-refractivity contribution in [2.45, 2.75) is 27.7 Å². The van der Waals surface area contributed by atoms with Gasteiger partial charge in [-0.3, -0.25) is 4.79 Å². The molecule has 17 heavy (non-hydrogen) atoms. The fourth-order valence-corrected chi connectivity index (χ4v) is 2.93. The summed E-state index contributed by atoms with van der Waals surface area (Å²) < 4.78 is 0. The number of aryl methyl sites for hydroxylation is 4. The number of benzene rings is 1.